The van der Waals surface area contributed by atoms with Gasteiger partial charge in [0.05, 0.1) is 18.2 Å². The van der Waals surface area contributed by atoms with Crippen LogP contribution in [0.2, 0.25) is 0 Å². The van der Waals surface area contributed by atoms with Gasteiger partial charge in [0.15, 0.2) is 0 Å². The van der Waals surface area contributed by atoms with E-state index >= 15 is 0 Å². The Balaban J connectivity index is 1.32. The van der Waals surface area contributed by atoms with Crippen LogP contribution in [0.5, 0.6) is 0 Å². The van der Waals surface area contributed by atoms with Crippen molar-refractivity contribution < 1.29 is 6.85 Å². The number of fused-ring (bicyclic) bond motifs is 7. The molecule has 4 aliphatic rings. The molecule has 11 rings (SSSR count). The Bertz CT molecular complexity index is 3260. The number of anilines is 9. The molecule has 6 aromatic carbocycles. The summed E-state index contributed by atoms with van der Waals surface area (Å²) in [7, 11) is 0. The van der Waals surface area contributed by atoms with E-state index in [-0.39, 0.29) is 63.6 Å². The lowest BCUT2D eigenvalue weighted by Crippen LogP contribution is -2.60. The van der Waals surface area contributed by atoms with E-state index in [0.29, 0.717) is 11.4 Å². The van der Waals surface area contributed by atoms with Crippen molar-refractivity contribution in [2.45, 2.75) is 129 Å². The minimum atomic E-state index is -0.415. The number of nitrogens with zero attached hydrogens (tertiary/aromatic N) is 3. The van der Waals surface area contributed by atoms with E-state index < -0.39 is 6.04 Å². The molecule has 0 radical (unpaired) electrons. The maximum atomic E-state index is 9.57. The third-order valence-electron chi connectivity index (χ3n) is 15.5. The van der Waals surface area contributed by atoms with Gasteiger partial charge in [-0.2, -0.15) is 11.3 Å². The second-order valence-corrected chi connectivity index (χ2v) is 23.8. The highest BCUT2D eigenvalue weighted by molar-refractivity contribution is 7.29. The van der Waals surface area contributed by atoms with E-state index in [1.165, 1.54) is 43.0 Å². The quantitative estimate of drug-likeness (QED) is 0.160. The summed E-state index contributed by atoms with van der Waals surface area (Å²) in [5.74, 6) is 0. The van der Waals surface area contributed by atoms with Crippen molar-refractivity contribution in [3.05, 3.63) is 167 Å². The van der Waals surface area contributed by atoms with Crippen molar-refractivity contribution in [2.75, 3.05) is 14.7 Å². The van der Waals surface area contributed by atoms with E-state index in [1.54, 1.807) is 0 Å². The monoisotopic (exact) mass is 875 g/mol. The highest BCUT2D eigenvalue weighted by atomic mass is 32.1. The molecule has 0 saturated carbocycles. The Labute approximate surface area is 400 Å². The van der Waals surface area contributed by atoms with Gasteiger partial charge in [0, 0.05) is 49.5 Å². The Hall–Kier alpha value is -5.52. The smallest absolute Gasteiger partial charge is 0.264 e. The number of para-hydroxylation sites is 3. The fraction of sp³-hybridized carbons (Fsp3) is 0.333. The van der Waals surface area contributed by atoms with Gasteiger partial charge in [0.25, 0.3) is 6.71 Å². The van der Waals surface area contributed by atoms with Crippen LogP contribution in [-0.4, -0.2) is 6.71 Å². The Morgan fingerprint density at radius 3 is 1.88 bits per heavy atom. The van der Waals surface area contributed by atoms with Crippen LogP contribution >= 0.6 is 11.3 Å². The van der Waals surface area contributed by atoms with Crippen LogP contribution in [0.15, 0.2) is 139 Å². The summed E-state index contributed by atoms with van der Waals surface area (Å²) in [4.78, 5) is 8.35. The van der Waals surface area contributed by atoms with Crippen molar-refractivity contribution in [2.24, 2.45) is 0 Å². The average Bonchev–Trinajstić information content (AvgIpc) is 3.75. The van der Waals surface area contributed by atoms with Gasteiger partial charge in [-0.1, -0.05) is 149 Å². The molecule has 3 nitrogen and oxygen atoms in total. The number of hydrogen-bond donors (Lipinski definition) is 0. The third-order valence-corrected chi connectivity index (χ3v) is 17.1. The molecular weight excluding hydrogens is 806 g/mol. The van der Waals surface area contributed by atoms with Crippen LogP contribution in [0.1, 0.15) is 136 Å². The van der Waals surface area contributed by atoms with Gasteiger partial charge < -0.3 is 14.7 Å². The first-order valence-electron chi connectivity index (χ1n) is 26.2. The molecule has 0 fully saturated rings. The number of benzene rings is 6. The minimum Gasteiger partial charge on any atom is -0.311 e. The average molecular weight is 875 g/mol. The first-order chi connectivity index (χ1) is 32.9. The second-order valence-electron chi connectivity index (χ2n) is 22.8. The molecule has 0 amide bonds. The van der Waals surface area contributed by atoms with Gasteiger partial charge in [0.2, 0.25) is 0 Å². The van der Waals surface area contributed by atoms with Crippen molar-refractivity contribution in [3.63, 3.8) is 0 Å². The van der Waals surface area contributed by atoms with E-state index in [1.807, 2.05) is 28.4 Å². The first kappa shape index (κ1) is 36.7. The summed E-state index contributed by atoms with van der Waals surface area (Å²) in [6.07, 6.45) is 4.37. The Morgan fingerprint density at radius 1 is 0.569 bits per heavy atom. The van der Waals surface area contributed by atoms with Crippen molar-refractivity contribution in [1.29, 1.82) is 0 Å². The molecule has 2 aliphatic heterocycles. The van der Waals surface area contributed by atoms with E-state index in [2.05, 4.69) is 183 Å². The standard InChI is InChI=1S/C60H64BN3S/c1-56(2,3)39-26-28-42(29-27-39)62(40-20-14-12-15-21-40)44-37-49-52-50(38-44)64(43-30-31-45-46(36-43)58(6,7)33-32-57(45,4)5)53-51-54(60(10,11)35-34-59(51,8)9)65-55(53)61(52)47-24-18-19-25-48(47)63(49)41-22-16-13-17-23-41/h12-31,36-38H,32-35H2,1-11H3/i12D,14D,15D,20D,21D. The van der Waals surface area contributed by atoms with Crippen LogP contribution in [0.3, 0.4) is 0 Å². The summed E-state index contributed by atoms with van der Waals surface area (Å²) in [5, 5.41) is 0. The Morgan fingerprint density at radius 2 is 1.18 bits per heavy atom. The summed E-state index contributed by atoms with van der Waals surface area (Å²) >= 11 is 2.01. The first-order valence-corrected chi connectivity index (χ1v) is 24.5. The van der Waals surface area contributed by atoms with E-state index in [0.717, 1.165) is 59.7 Å². The van der Waals surface area contributed by atoms with Gasteiger partial charge in [-0.15, -0.1) is 0 Å². The largest absolute Gasteiger partial charge is 0.311 e. The molecule has 1 aromatic heterocycles. The molecule has 0 unspecified atom stereocenters. The lowest BCUT2D eigenvalue weighted by Gasteiger charge is -2.46. The summed E-state index contributed by atoms with van der Waals surface area (Å²) < 4.78 is 47.2. The summed E-state index contributed by atoms with van der Waals surface area (Å²) in [6, 6.07) is 37.9. The normalized spacial score (nSPS) is 19.3. The molecular formula is C60H64BN3S. The topological polar surface area (TPSA) is 9.72 Å². The van der Waals surface area contributed by atoms with Crippen molar-refractivity contribution >= 4 is 84.9 Å². The van der Waals surface area contributed by atoms with Gasteiger partial charge >= 0.3 is 0 Å². The van der Waals surface area contributed by atoms with Crippen LogP contribution in [-0.2, 0) is 27.1 Å². The molecule has 0 spiro atoms. The molecule has 328 valence electrons. The molecule has 0 N–H and O–H groups in total. The Kier molecular flexibility index (Phi) is 8.18. The highest BCUT2D eigenvalue weighted by Gasteiger charge is 2.51. The zero-order valence-corrected chi connectivity index (χ0v) is 40.9. The zero-order valence-electron chi connectivity index (χ0n) is 45.0. The molecule has 2 aliphatic carbocycles. The molecule has 65 heavy (non-hydrogen) atoms. The minimum absolute atomic E-state index is 0.0288. The van der Waals surface area contributed by atoms with Crippen LogP contribution in [0.4, 0.5) is 51.2 Å². The number of hydrogen-bond acceptors (Lipinski definition) is 4. The maximum Gasteiger partial charge on any atom is 0.264 e. The van der Waals surface area contributed by atoms with Crippen LogP contribution in [0, 0.1) is 0 Å². The predicted molar refractivity (Wildman–Crippen MR) is 282 cm³/mol. The zero-order chi connectivity index (χ0) is 49.8. The maximum absolute atomic E-state index is 9.57. The third kappa shape index (κ3) is 6.57. The second kappa shape index (κ2) is 14.5. The molecule has 5 heteroatoms. The van der Waals surface area contributed by atoms with E-state index in [9.17, 15) is 2.74 Å². The lowest BCUT2D eigenvalue weighted by molar-refractivity contribution is 0.332. The molecule has 0 atom stereocenters. The van der Waals surface area contributed by atoms with Crippen LogP contribution < -0.4 is 30.4 Å². The fourth-order valence-corrected chi connectivity index (χ4v) is 13.3. The fourth-order valence-electron chi connectivity index (χ4n) is 11.6. The number of rotatable bonds is 5. The lowest BCUT2D eigenvalue weighted by atomic mass is 9.36. The van der Waals surface area contributed by atoms with Gasteiger partial charge in [-0.3, -0.25) is 0 Å². The van der Waals surface area contributed by atoms with E-state index in [4.69, 9.17) is 4.11 Å². The SMILES string of the molecule is [2H]c1c([2H])c([2H])c(N(c2ccc(C(C)(C)C)cc2)c2cc3c4c(c2)N(c2ccc5c(c2)C(C)(C)CCC5(C)C)c2c(sc5c2C(C)(C)CCC5(C)C)B4c2ccccc2N3c2ccccc2)c([2H])c1[2H]. The van der Waals surface area contributed by atoms with Gasteiger partial charge in [-0.25, -0.2) is 0 Å². The van der Waals surface area contributed by atoms with Crippen molar-refractivity contribution in [3.8, 4) is 0 Å². The molecule has 0 bridgehead atoms. The van der Waals surface area contributed by atoms with Crippen LogP contribution in [0.25, 0.3) is 0 Å². The summed E-state index contributed by atoms with van der Waals surface area (Å²) in [5.41, 5.74) is 15.5. The molecule has 7 aromatic rings. The highest BCUT2D eigenvalue weighted by Crippen LogP contribution is 2.58. The molecule has 0 saturated heterocycles. The van der Waals surface area contributed by atoms with Gasteiger partial charge in [-0.05, 0) is 153 Å². The molecule has 3 heterocycles. The van der Waals surface area contributed by atoms with Gasteiger partial charge in [0.1, 0.15) is 0 Å². The number of thiophene rings is 1. The van der Waals surface area contributed by atoms with Crippen molar-refractivity contribution in [1.82, 2.24) is 0 Å². The predicted octanol–water partition coefficient (Wildman–Crippen LogP) is 15.3. The summed E-state index contributed by atoms with van der Waals surface area (Å²) in [6.45, 7) is 25.8.